The number of nitrogens with zero attached hydrogens (tertiary/aromatic N) is 2. The first-order chi connectivity index (χ1) is 9.31. The van der Waals surface area contributed by atoms with E-state index in [1.54, 1.807) is 19.0 Å². The van der Waals surface area contributed by atoms with Gasteiger partial charge in [0.05, 0.1) is 6.54 Å². The quantitative estimate of drug-likeness (QED) is 0.864. The van der Waals surface area contributed by atoms with E-state index in [9.17, 15) is 4.79 Å². The molecule has 112 valence electrons. The molecule has 0 radical (unpaired) electrons. The second kappa shape index (κ2) is 7.29. The molecule has 0 spiro atoms. The minimum Gasteiger partial charge on any atom is -0.365 e. The first kappa shape index (κ1) is 16.5. The van der Waals surface area contributed by atoms with Gasteiger partial charge in [-0.3, -0.25) is 4.79 Å². The van der Waals surface area contributed by atoms with Gasteiger partial charge < -0.3 is 15.1 Å². The SMILES string of the molecule is Cc1cc(CNC(C)C)ccc1N(C)CC(=O)N(C)C. The van der Waals surface area contributed by atoms with Gasteiger partial charge in [0.1, 0.15) is 0 Å². The fourth-order valence-corrected chi connectivity index (χ4v) is 2.01. The first-order valence-electron chi connectivity index (χ1n) is 7.05. The molecule has 0 unspecified atom stereocenters. The second-order valence-corrected chi connectivity index (χ2v) is 5.80. The maximum absolute atomic E-state index is 11.8. The van der Waals surface area contributed by atoms with Gasteiger partial charge >= 0.3 is 0 Å². The highest BCUT2D eigenvalue weighted by Gasteiger charge is 2.11. The van der Waals surface area contributed by atoms with Crippen LogP contribution in [0, 0.1) is 6.92 Å². The maximum atomic E-state index is 11.8. The summed E-state index contributed by atoms with van der Waals surface area (Å²) in [6.07, 6.45) is 0. The number of nitrogens with one attached hydrogen (secondary N) is 1. The van der Waals surface area contributed by atoms with Crippen LogP contribution in [0.5, 0.6) is 0 Å². The number of hydrogen-bond donors (Lipinski definition) is 1. The van der Waals surface area contributed by atoms with E-state index >= 15 is 0 Å². The Labute approximate surface area is 122 Å². The third kappa shape index (κ3) is 4.85. The number of anilines is 1. The van der Waals surface area contributed by atoms with E-state index in [2.05, 4.69) is 44.3 Å². The molecule has 1 rings (SSSR count). The minimum absolute atomic E-state index is 0.109. The van der Waals surface area contributed by atoms with Crippen molar-refractivity contribution in [2.45, 2.75) is 33.4 Å². The van der Waals surface area contributed by atoms with Crippen LogP contribution in [0.1, 0.15) is 25.0 Å². The largest absolute Gasteiger partial charge is 0.365 e. The summed E-state index contributed by atoms with van der Waals surface area (Å²) in [5.74, 6) is 0.109. The van der Waals surface area contributed by atoms with Gasteiger partial charge in [0, 0.05) is 39.4 Å². The molecule has 20 heavy (non-hydrogen) atoms. The van der Waals surface area contributed by atoms with Gasteiger partial charge in [0.2, 0.25) is 5.91 Å². The molecule has 1 amide bonds. The molecule has 0 bridgehead atoms. The van der Waals surface area contributed by atoms with Gasteiger partial charge in [-0.1, -0.05) is 26.0 Å². The number of benzene rings is 1. The van der Waals surface area contributed by atoms with Crippen molar-refractivity contribution in [3.8, 4) is 0 Å². The van der Waals surface area contributed by atoms with Crippen molar-refractivity contribution in [1.29, 1.82) is 0 Å². The summed E-state index contributed by atoms with van der Waals surface area (Å²) >= 11 is 0. The number of aryl methyl sites for hydroxylation is 1. The predicted octanol–water partition coefficient (Wildman–Crippen LogP) is 2.02. The van der Waals surface area contributed by atoms with Crippen molar-refractivity contribution < 1.29 is 4.79 Å². The molecular formula is C16H27N3O. The van der Waals surface area contributed by atoms with E-state index in [0.29, 0.717) is 12.6 Å². The van der Waals surface area contributed by atoms with Crippen LogP contribution in [-0.2, 0) is 11.3 Å². The van der Waals surface area contributed by atoms with Crippen molar-refractivity contribution in [2.75, 3.05) is 32.6 Å². The molecule has 0 atom stereocenters. The van der Waals surface area contributed by atoms with E-state index in [4.69, 9.17) is 0 Å². The fourth-order valence-electron chi connectivity index (χ4n) is 2.01. The number of amides is 1. The fraction of sp³-hybridized carbons (Fsp3) is 0.562. The molecule has 0 heterocycles. The second-order valence-electron chi connectivity index (χ2n) is 5.80. The zero-order valence-corrected chi connectivity index (χ0v) is 13.5. The van der Waals surface area contributed by atoms with Crippen LogP contribution in [0.2, 0.25) is 0 Å². The van der Waals surface area contributed by atoms with Gasteiger partial charge in [-0.15, -0.1) is 0 Å². The molecule has 4 nitrogen and oxygen atoms in total. The molecule has 0 saturated carbocycles. The first-order valence-corrected chi connectivity index (χ1v) is 7.05. The molecule has 1 N–H and O–H groups in total. The minimum atomic E-state index is 0.109. The van der Waals surface area contributed by atoms with E-state index in [1.165, 1.54) is 11.1 Å². The Morgan fingerprint density at radius 1 is 1.25 bits per heavy atom. The average Bonchev–Trinajstić information content (AvgIpc) is 2.35. The summed E-state index contributed by atoms with van der Waals surface area (Å²) in [6.45, 7) is 7.64. The van der Waals surface area contributed by atoms with E-state index in [0.717, 1.165) is 12.2 Å². The van der Waals surface area contributed by atoms with Crippen LogP contribution in [0.15, 0.2) is 18.2 Å². The molecule has 1 aromatic rings. The number of hydrogen-bond acceptors (Lipinski definition) is 3. The molecule has 0 saturated heterocycles. The number of carbonyl (C=O) groups is 1. The lowest BCUT2D eigenvalue weighted by molar-refractivity contribution is -0.127. The highest BCUT2D eigenvalue weighted by Crippen LogP contribution is 2.20. The standard InChI is InChI=1S/C16H27N3O/c1-12(2)17-10-14-7-8-15(13(3)9-14)19(6)11-16(20)18(4)5/h7-9,12,17H,10-11H2,1-6H3. The van der Waals surface area contributed by atoms with E-state index < -0.39 is 0 Å². The molecule has 0 aliphatic carbocycles. The van der Waals surface area contributed by atoms with Crippen LogP contribution in [0.25, 0.3) is 0 Å². The summed E-state index contributed by atoms with van der Waals surface area (Å²) in [6, 6.07) is 6.88. The lowest BCUT2D eigenvalue weighted by Gasteiger charge is -2.23. The molecule has 0 aliphatic rings. The molecule has 0 aromatic heterocycles. The van der Waals surface area contributed by atoms with E-state index in [1.807, 2.05) is 11.9 Å². The van der Waals surface area contributed by atoms with Gasteiger partial charge in [0.15, 0.2) is 0 Å². The molecule has 4 heteroatoms. The summed E-state index contributed by atoms with van der Waals surface area (Å²) in [7, 11) is 5.52. The Kier molecular flexibility index (Phi) is 6.02. The zero-order valence-electron chi connectivity index (χ0n) is 13.5. The highest BCUT2D eigenvalue weighted by molar-refractivity contribution is 5.81. The van der Waals surface area contributed by atoms with Gasteiger partial charge in [-0.2, -0.15) is 0 Å². The highest BCUT2D eigenvalue weighted by atomic mass is 16.2. The predicted molar refractivity (Wildman–Crippen MR) is 85.1 cm³/mol. The van der Waals surface area contributed by atoms with Crippen LogP contribution >= 0.6 is 0 Å². The van der Waals surface area contributed by atoms with Crippen molar-refractivity contribution in [3.63, 3.8) is 0 Å². The molecule has 1 aromatic carbocycles. The Bertz CT molecular complexity index is 455. The Balaban J connectivity index is 2.74. The van der Waals surface area contributed by atoms with Crippen LogP contribution < -0.4 is 10.2 Å². The third-order valence-corrected chi connectivity index (χ3v) is 3.26. The molecular weight excluding hydrogens is 250 g/mol. The summed E-state index contributed by atoms with van der Waals surface area (Å²) in [4.78, 5) is 15.4. The van der Waals surface area contributed by atoms with Crippen molar-refractivity contribution in [2.24, 2.45) is 0 Å². The average molecular weight is 277 g/mol. The Hall–Kier alpha value is -1.55. The summed E-state index contributed by atoms with van der Waals surface area (Å²) < 4.78 is 0. The number of likely N-dealkylation sites (N-methyl/N-ethyl adjacent to an activating group) is 2. The van der Waals surface area contributed by atoms with Crippen molar-refractivity contribution >= 4 is 11.6 Å². The molecule has 0 aliphatic heterocycles. The van der Waals surface area contributed by atoms with Crippen LogP contribution in [-0.4, -0.2) is 44.5 Å². The monoisotopic (exact) mass is 277 g/mol. The summed E-state index contributed by atoms with van der Waals surface area (Å²) in [5, 5.41) is 3.41. The molecule has 0 fully saturated rings. The summed E-state index contributed by atoms with van der Waals surface area (Å²) in [5.41, 5.74) is 3.57. The van der Waals surface area contributed by atoms with Crippen molar-refractivity contribution in [1.82, 2.24) is 10.2 Å². The van der Waals surface area contributed by atoms with Crippen molar-refractivity contribution in [3.05, 3.63) is 29.3 Å². The van der Waals surface area contributed by atoms with Gasteiger partial charge in [0.25, 0.3) is 0 Å². The topological polar surface area (TPSA) is 35.6 Å². The van der Waals surface area contributed by atoms with Gasteiger partial charge in [-0.25, -0.2) is 0 Å². The maximum Gasteiger partial charge on any atom is 0.241 e. The normalized spacial score (nSPS) is 10.8. The zero-order chi connectivity index (χ0) is 15.3. The lowest BCUT2D eigenvalue weighted by atomic mass is 10.1. The smallest absolute Gasteiger partial charge is 0.241 e. The number of carbonyl (C=O) groups excluding carboxylic acids is 1. The van der Waals surface area contributed by atoms with Crippen LogP contribution in [0.3, 0.4) is 0 Å². The van der Waals surface area contributed by atoms with Gasteiger partial charge in [-0.05, 0) is 24.1 Å². The van der Waals surface area contributed by atoms with E-state index in [-0.39, 0.29) is 5.91 Å². The lowest BCUT2D eigenvalue weighted by Crippen LogP contribution is -2.34. The third-order valence-electron chi connectivity index (χ3n) is 3.26. The Morgan fingerprint density at radius 2 is 1.90 bits per heavy atom. The van der Waals surface area contributed by atoms with Crippen LogP contribution in [0.4, 0.5) is 5.69 Å². The number of rotatable bonds is 6. The Morgan fingerprint density at radius 3 is 2.40 bits per heavy atom.